The first-order chi connectivity index (χ1) is 11.0. The first-order valence-electron chi connectivity index (χ1n) is 6.93. The van der Waals surface area contributed by atoms with Crippen LogP contribution in [-0.4, -0.2) is 17.5 Å². The first kappa shape index (κ1) is 17.6. The third-order valence-corrected chi connectivity index (χ3v) is 4.36. The summed E-state index contributed by atoms with van der Waals surface area (Å²) in [6, 6.07) is 11.3. The molecule has 0 radical (unpaired) electrons. The molecule has 2 amide bonds. The lowest BCUT2D eigenvalue weighted by atomic mass is 10.2. The van der Waals surface area contributed by atoms with Gasteiger partial charge in [0.25, 0.3) is 0 Å². The van der Waals surface area contributed by atoms with Gasteiger partial charge in [0.2, 0.25) is 11.8 Å². The molecule has 120 valence electrons. The molecule has 0 saturated heterocycles. The number of hydrogen-bond acceptors (Lipinski definition) is 4. The minimum absolute atomic E-state index is 0.130. The van der Waals surface area contributed by atoms with Crippen LogP contribution in [-0.2, 0) is 16.0 Å². The van der Waals surface area contributed by atoms with E-state index in [1.165, 1.54) is 11.3 Å². The number of nitrogens with one attached hydrogen (secondary N) is 2. The second kappa shape index (κ2) is 8.78. The minimum Gasteiger partial charge on any atom is -0.326 e. The molecule has 0 atom stereocenters. The van der Waals surface area contributed by atoms with Crippen LogP contribution in [0.3, 0.4) is 0 Å². The van der Waals surface area contributed by atoms with E-state index in [1.807, 2.05) is 41.8 Å². The van der Waals surface area contributed by atoms with Crippen molar-refractivity contribution >= 4 is 57.1 Å². The number of thiophene rings is 1. The number of carbonyl (C=O) groups excluding carboxylic acids is 2. The molecule has 0 saturated carbocycles. The molecule has 0 bridgehead atoms. The molecular formula is C16H16IN3O2S. The van der Waals surface area contributed by atoms with Crippen LogP contribution in [0.4, 0.5) is 5.69 Å². The Kier molecular flexibility index (Phi) is 6.72. The topological polar surface area (TPSA) is 70.6 Å². The summed E-state index contributed by atoms with van der Waals surface area (Å²) in [6.07, 6.45) is 0.424. The van der Waals surface area contributed by atoms with Crippen molar-refractivity contribution < 1.29 is 9.59 Å². The lowest BCUT2D eigenvalue weighted by Gasteiger charge is -2.06. The van der Waals surface area contributed by atoms with Gasteiger partial charge in [-0.05, 0) is 59.2 Å². The molecule has 0 spiro atoms. The highest BCUT2D eigenvalue weighted by atomic mass is 127. The van der Waals surface area contributed by atoms with Crippen LogP contribution in [0.15, 0.2) is 46.9 Å². The minimum atomic E-state index is -0.190. The summed E-state index contributed by atoms with van der Waals surface area (Å²) in [5.41, 5.74) is 3.77. The lowest BCUT2D eigenvalue weighted by Crippen LogP contribution is -2.22. The number of anilines is 1. The molecule has 23 heavy (non-hydrogen) atoms. The summed E-state index contributed by atoms with van der Waals surface area (Å²) < 4.78 is 1.05. The van der Waals surface area contributed by atoms with Gasteiger partial charge in [-0.3, -0.25) is 9.59 Å². The molecule has 1 heterocycles. The molecule has 1 aromatic heterocycles. The standard InChI is InChI=1S/C16H16IN3O2S/c1-11(19-20-16(22)10-14-6-3-7-23-14)8-15(21)18-13-5-2-4-12(17)9-13/h2-7,9H,8,10H2,1H3,(H,18,21)(H,20,22)/b19-11+. The van der Waals surface area contributed by atoms with Gasteiger partial charge in [0, 0.05) is 19.8 Å². The van der Waals surface area contributed by atoms with E-state index in [0.717, 1.165) is 14.1 Å². The van der Waals surface area contributed by atoms with Crippen LogP contribution in [0.1, 0.15) is 18.2 Å². The van der Waals surface area contributed by atoms with Crippen LogP contribution in [0, 0.1) is 3.57 Å². The van der Waals surface area contributed by atoms with Crippen molar-refractivity contribution in [3.63, 3.8) is 0 Å². The van der Waals surface area contributed by atoms with Gasteiger partial charge in [0.15, 0.2) is 0 Å². The Morgan fingerprint density at radius 1 is 1.22 bits per heavy atom. The number of rotatable bonds is 6. The van der Waals surface area contributed by atoms with Gasteiger partial charge in [0.1, 0.15) is 0 Å². The van der Waals surface area contributed by atoms with E-state index in [2.05, 4.69) is 38.4 Å². The van der Waals surface area contributed by atoms with Gasteiger partial charge in [-0.25, -0.2) is 5.43 Å². The second-order valence-electron chi connectivity index (χ2n) is 4.87. The average molecular weight is 441 g/mol. The highest BCUT2D eigenvalue weighted by Crippen LogP contribution is 2.12. The van der Waals surface area contributed by atoms with Gasteiger partial charge < -0.3 is 5.32 Å². The predicted octanol–water partition coefficient (Wildman–Crippen LogP) is 3.42. The molecule has 0 aliphatic rings. The zero-order valence-corrected chi connectivity index (χ0v) is 15.5. The molecule has 7 heteroatoms. The van der Waals surface area contributed by atoms with Gasteiger partial charge in [-0.2, -0.15) is 5.10 Å². The summed E-state index contributed by atoms with van der Waals surface area (Å²) >= 11 is 3.71. The van der Waals surface area contributed by atoms with E-state index < -0.39 is 0 Å². The van der Waals surface area contributed by atoms with Crippen molar-refractivity contribution in [3.05, 3.63) is 50.2 Å². The number of carbonyl (C=O) groups is 2. The maximum Gasteiger partial charge on any atom is 0.245 e. The smallest absolute Gasteiger partial charge is 0.245 e. The molecule has 5 nitrogen and oxygen atoms in total. The Morgan fingerprint density at radius 2 is 2.04 bits per heavy atom. The van der Waals surface area contributed by atoms with Crippen molar-refractivity contribution in [3.8, 4) is 0 Å². The van der Waals surface area contributed by atoms with E-state index in [0.29, 0.717) is 12.1 Å². The molecule has 0 unspecified atom stereocenters. The van der Waals surface area contributed by atoms with Crippen LogP contribution in [0.5, 0.6) is 0 Å². The van der Waals surface area contributed by atoms with Crippen molar-refractivity contribution in [1.29, 1.82) is 0 Å². The van der Waals surface area contributed by atoms with Crippen LogP contribution < -0.4 is 10.7 Å². The monoisotopic (exact) mass is 441 g/mol. The molecule has 0 fully saturated rings. The summed E-state index contributed by atoms with van der Waals surface area (Å²) in [5, 5.41) is 8.69. The lowest BCUT2D eigenvalue weighted by molar-refractivity contribution is -0.120. The van der Waals surface area contributed by atoms with Crippen LogP contribution >= 0.6 is 33.9 Å². The SMILES string of the molecule is C/C(CC(=O)Nc1cccc(I)c1)=N\NC(=O)Cc1cccs1. The van der Waals surface area contributed by atoms with Gasteiger partial charge in [-0.1, -0.05) is 12.1 Å². The molecule has 2 N–H and O–H groups in total. The van der Waals surface area contributed by atoms with E-state index in [4.69, 9.17) is 0 Å². The van der Waals surface area contributed by atoms with E-state index in [-0.39, 0.29) is 18.2 Å². The number of halogens is 1. The maximum absolute atomic E-state index is 11.9. The van der Waals surface area contributed by atoms with Crippen molar-refractivity contribution in [2.24, 2.45) is 5.10 Å². The third kappa shape index (κ3) is 6.49. The van der Waals surface area contributed by atoms with E-state index in [9.17, 15) is 9.59 Å². The quantitative estimate of drug-likeness (QED) is 0.410. The van der Waals surface area contributed by atoms with Crippen LogP contribution in [0.25, 0.3) is 0 Å². The highest BCUT2D eigenvalue weighted by Gasteiger charge is 2.07. The van der Waals surface area contributed by atoms with Crippen molar-refractivity contribution in [1.82, 2.24) is 5.43 Å². The van der Waals surface area contributed by atoms with E-state index >= 15 is 0 Å². The molecule has 2 rings (SSSR count). The van der Waals surface area contributed by atoms with Gasteiger partial charge in [-0.15, -0.1) is 11.3 Å². The van der Waals surface area contributed by atoms with Crippen LogP contribution in [0.2, 0.25) is 0 Å². The Hall–Kier alpha value is -1.74. The summed E-state index contributed by atoms with van der Waals surface area (Å²) in [4.78, 5) is 24.6. The largest absolute Gasteiger partial charge is 0.326 e. The number of amides is 2. The van der Waals surface area contributed by atoms with Gasteiger partial charge in [0.05, 0.1) is 12.8 Å². The molecule has 0 aliphatic carbocycles. The molecule has 0 aliphatic heterocycles. The fraction of sp³-hybridized carbons (Fsp3) is 0.188. The number of nitrogens with zero attached hydrogens (tertiary/aromatic N) is 1. The third-order valence-electron chi connectivity index (χ3n) is 2.81. The second-order valence-corrected chi connectivity index (χ2v) is 7.15. The zero-order chi connectivity index (χ0) is 16.7. The maximum atomic E-state index is 11.9. The number of benzene rings is 1. The Morgan fingerprint density at radius 3 is 2.74 bits per heavy atom. The fourth-order valence-electron chi connectivity index (χ4n) is 1.81. The first-order valence-corrected chi connectivity index (χ1v) is 8.88. The predicted molar refractivity (Wildman–Crippen MR) is 102 cm³/mol. The molecule has 2 aromatic rings. The number of hydrogen-bond donors (Lipinski definition) is 2. The molecule has 1 aromatic carbocycles. The van der Waals surface area contributed by atoms with Gasteiger partial charge >= 0.3 is 0 Å². The zero-order valence-electron chi connectivity index (χ0n) is 12.5. The Bertz CT molecular complexity index is 714. The normalized spacial score (nSPS) is 11.1. The Balaban J connectivity index is 1.79. The Labute approximate surface area is 152 Å². The molecular weight excluding hydrogens is 425 g/mol. The van der Waals surface area contributed by atoms with E-state index in [1.54, 1.807) is 6.92 Å². The highest BCUT2D eigenvalue weighted by molar-refractivity contribution is 14.1. The summed E-state index contributed by atoms with van der Waals surface area (Å²) in [6.45, 7) is 1.71. The number of hydrazone groups is 1. The fourth-order valence-corrected chi connectivity index (χ4v) is 3.06. The average Bonchev–Trinajstić information content (AvgIpc) is 2.98. The summed E-state index contributed by atoms with van der Waals surface area (Å²) in [5.74, 6) is -0.356. The van der Waals surface area contributed by atoms with Crippen molar-refractivity contribution in [2.45, 2.75) is 19.8 Å². The summed E-state index contributed by atoms with van der Waals surface area (Å²) in [7, 11) is 0. The van der Waals surface area contributed by atoms with Crippen molar-refractivity contribution in [2.75, 3.05) is 5.32 Å².